The Morgan fingerprint density at radius 1 is 1.14 bits per heavy atom. The van der Waals surface area contributed by atoms with Gasteiger partial charge in [0, 0.05) is 30.1 Å². The molecule has 110 valence electrons. The van der Waals surface area contributed by atoms with Crippen LogP contribution >= 0.6 is 0 Å². The summed E-state index contributed by atoms with van der Waals surface area (Å²) < 4.78 is 5.47. The summed E-state index contributed by atoms with van der Waals surface area (Å²) in [5, 5.41) is 1.26. The molecular weight excluding hydrogens is 260 g/mol. The minimum atomic E-state index is 0.485. The van der Waals surface area contributed by atoms with E-state index >= 15 is 0 Å². The van der Waals surface area contributed by atoms with Gasteiger partial charge in [0.15, 0.2) is 0 Å². The van der Waals surface area contributed by atoms with Gasteiger partial charge in [-0.1, -0.05) is 12.1 Å². The number of pyridine rings is 1. The summed E-state index contributed by atoms with van der Waals surface area (Å²) in [4.78, 5) is 7.38. The average Bonchev–Trinajstić information content (AvgIpc) is 3.20. The van der Waals surface area contributed by atoms with Crippen LogP contribution in [0.3, 0.4) is 0 Å². The molecule has 0 saturated carbocycles. The first kappa shape index (κ1) is 13.2. The molecule has 1 aromatic heterocycles. The highest BCUT2D eigenvalue weighted by atomic mass is 16.5. The van der Waals surface area contributed by atoms with Gasteiger partial charge < -0.3 is 4.74 Å². The molecule has 1 aromatic carbocycles. The first-order valence-electron chi connectivity index (χ1n) is 8.08. The van der Waals surface area contributed by atoms with Crippen LogP contribution < -0.4 is 0 Å². The van der Waals surface area contributed by atoms with Gasteiger partial charge in [-0.3, -0.25) is 9.88 Å². The summed E-state index contributed by atoms with van der Waals surface area (Å²) in [7, 11) is 0. The molecule has 3 nitrogen and oxygen atoms in total. The van der Waals surface area contributed by atoms with Crippen LogP contribution in [-0.4, -0.2) is 36.2 Å². The molecule has 0 amide bonds. The second kappa shape index (κ2) is 5.74. The second-order valence-corrected chi connectivity index (χ2v) is 6.31. The van der Waals surface area contributed by atoms with E-state index in [0.29, 0.717) is 5.92 Å². The highest BCUT2D eigenvalue weighted by molar-refractivity contribution is 5.79. The SMILES string of the molecule is c1cc2nc(C3CCOC3)ccc2cc1CN1CCCC1. The van der Waals surface area contributed by atoms with Gasteiger partial charge in [0.05, 0.1) is 12.1 Å². The maximum absolute atomic E-state index is 5.47. The molecule has 0 N–H and O–H groups in total. The molecule has 2 saturated heterocycles. The third kappa shape index (κ3) is 2.81. The van der Waals surface area contributed by atoms with E-state index in [9.17, 15) is 0 Å². The normalized spacial score (nSPS) is 23.1. The topological polar surface area (TPSA) is 25.4 Å². The molecule has 2 fully saturated rings. The second-order valence-electron chi connectivity index (χ2n) is 6.31. The summed E-state index contributed by atoms with van der Waals surface area (Å²) in [6.07, 6.45) is 3.80. The van der Waals surface area contributed by atoms with Gasteiger partial charge in [-0.2, -0.15) is 0 Å². The van der Waals surface area contributed by atoms with Crippen molar-refractivity contribution in [3.05, 3.63) is 41.6 Å². The Bertz CT molecular complexity index is 628. The Kier molecular flexibility index (Phi) is 3.62. The van der Waals surface area contributed by atoms with Gasteiger partial charge in [-0.05, 0) is 56.1 Å². The maximum Gasteiger partial charge on any atom is 0.0705 e. The minimum absolute atomic E-state index is 0.485. The molecule has 0 bridgehead atoms. The Hall–Kier alpha value is -1.45. The number of likely N-dealkylation sites (tertiary alicyclic amines) is 1. The van der Waals surface area contributed by atoms with Crippen molar-refractivity contribution >= 4 is 10.9 Å². The van der Waals surface area contributed by atoms with E-state index in [1.54, 1.807) is 0 Å². The fourth-order valence-electron chi connectivity index (χ4n) is 3.48. The number of fused-ring (bicyclic) bond motifs is 1. The first-order valence-corrected chi connectivity index (χ1v) is 8.08. The molecule has 1 atom stereocenters. The molecule has 3 heteroatoms. The van der Waals surface area contributed by atoms with E-state index in [0.717, 1.165) is 31.7 Å². The van der Waals surface area contributed by atoms with Crippen molar-refractivity contribution in [1.29, 1.82) is 0 Å². The zero-order valence-electron chi connectivity index (χ0n) is 12.4. The van der Waals surface area contributed by atoms with Gasteiger partial charge in [0.1, 0.15) is 0 Å². The van der Waals surface area contributed by atoms with Crippen molar-refractivity contribution < 1.29 is 4.74 Å². The number of aromatic nitrogens is 1. The highest BCUT2D eigenvalue weighted by Gasteiger charge is 2.19. The summed E-state index contributed by atoms with van der Waals surface area (Å²) in [5.41, 5.74) is 3.71. The predicted octanol–water partition coefficient (Wildman–Crippen LogP) is 3.33. The molecule has 2 aliphatic heterocycles. The zero-order chi connectivity index (χ0) is 14.1. The highest BCUT2D eigenvalue weighted by Crippen LogP contribution is 2.26. The molecule has 2 aliphatic rings. The van der Waals surface area contributed by atoms with E-state index in [-0.39, 0.29) is 0 Å². The van der Waals surface area contributed by atoms with Gasteiger partial charge in [0.2, 0.25) is 0 Å². The van der Waals surface area contributed by atoms with E-state index in [1.807, 2.05) is 0 Å². The number of benzene rings is 1. The lowest BCUT2D eigenvalue weighted by Gasteiger charge is -2.15. The standard InChI is InChI=1S/C18H22N2O/c1-2-9-20(8-1)12-14-3-5-17-15(11-14)4-6-18(19-17)16-7-10-21-13-16/h3-6,11,16H,1-2,7-10,12-13H2. The van der Waals surface area contributed by atoms with Gasteiger partial charge in [-0.25, -0.2) is 0 Å². The van der Waals surface area contributed by atoms with E-state index < -0.39 is 0 Å². The lowest BCUT2D eigenvalue weighted by molar-refractivity contribution is 0.193. The molecular formula is C18H22N2O. The maximum atomic E-state index is 5.47. The van der Waals surface area contributed by atoms with Crippen molar-refractivity contribution in [2.24, 2.45) is 0 Å². The van der Waals surface area contributed by atoms with Gasteiger partial charge in [0.25, 0.3) is 0 Å². The summed E-state index contributed by atoms with van der Waals surface area (Å²) in [6, 6.07) is 11.1. The predicted molar refractivity (Wildman–Crippen MR) is 84.4 cm³/mol. The fraction of sp³-hybridized carbons (Fsp3) is 0.500. The minimum Gasteiger partial charge on any atom is -0.381 e. The lowest BCUT2D eigenvalue weighted by atomic mass is 10.0. The summed E-state index contributed by atoms with van der Waals surface area (Å²) in [5.74, 6) is 0.485. The third-order valence-electron chi connectivity index (χ3n) is 4.73. The van der Waals surface area contributed by atoms with Crippen LogP contribution in [0.4, 0.5) is 0 Å². The first-order chi connectivity index (χ1) is 10.4. The quantitative estimate of drug-likeness (QED) is 0.863. The lowest BCUT2D eigenvalue weighted by Crippen LogP contribution is -2.18. The smallest absolute Gasteiger partial charge is 0.0705 e. The van der Waals surface area contributed by atoms with Crippen molar-refractivity contribution in [2.75, 3.05) is 26.3 Å². The van der Waals surface area contributed by atoms with Crippen LogP contribution in [0.15, 0.2) is 30.3 Å². The van der Waals surface area contributed by atoms with Crippen LogP contribution in [0.5, 0.6) is 0 Å². The Balaban J connectivity index is 1.58. The van der Waals surface area contributed by atoms with Crippen molar-refractivity contribution in [1.82, 2.24) is 9.88 Å². The zero-order valence-corrected chi connectivity index (χ0v) is 12.4. The molecule has 0 radical (unpaired) electrons. The van der Waals surface area contributed by atoms with Gasteiger partial charge >= 0.3 is 0 Å². The number of rotatable bonds is 3. The van der Waals surface area contributed by atoms with Crippen molar-refractivity contribution in [3.8, 4) is 0 Å². The van der Waals surface area contributed by atoms with Gasteiger partial charge in [-0.15, -0.1) is 0 Å². The molecule has 0 spiro atoms. The van der Waals surface area contributed by atoms with Crippen LogP contribution in [0.2, 0.25) is 0 Å². The average molecular weight is 282 g/mol. The molecule has 0 aliphatic carbocycles. The van der Waals surface area contributed by atoms with Crippen LogP contribution in [-0.2, 0) is 11.3 Å². The molecule has 21 heavy (non-hydrogen) atoms. The largest absolute Gasteiger partial charge is 0.381 e. The molecule has 4 rings (SSSR count). The summed E-state index contributed by atoms with van der Waals surface area (Å²) >= 11 is 0. The monoisotopic (exact) mass is 282 g/mol. The van der Waals surface area contributed by atoms with E-state index in [4.69, 9.17) is 9.72 Å². The number of hydrogen-bond acceptors (Lipinski definition) is 3. The molecule has 1 unspecified atom stereocenters. The number of ether oxygens (including phenoxy) is 1. The van der Waals surface area contributed by atoms with Crippen LogP contribution in [0, 0.1) is 0 Å². The molecule has 2 aromatic rings. The van der Waals surface area contributed by atoms with Crippen molar-refractivity contribution in [2.45, 2.75) is 31.7 Å². The van der Waals surface area contributed by atoms with Crippen LogP contribution in [0.25, 0.3) is 10.9 Å². The van der Waals surface area contributed by atoms with E-state index in [2.05, 4.69) is 35.2 Å². The fourth-order valence-corrected chi connectivity index (χ4v) is 3.48. The Labute approximate surface area is 125 Å². The number of nitrogens with zero attached hydrogens (tertiary/aromatic N) is 2. The van der Waals surface area contributed by atoms with E-state index in [1.165, 1.54) is 42.6 Å². The summed E-state index contributed by atoms with van der Waals surface area (Å²) in [6.45, 7) is 5.27. The van der Waals surface area contributed by atoms with Crippen molar-refractivity contribution in [3.63, 3.8) is 0 Å². The molecule has 3 heterocycles. The third-order valence-corrected chi connectivity index (χ3v) is 4.73. The number of hydrogen-bond donors (Lipinski definition) is 0. The Morgan fingerprint density at radius 3 is 2.86 bits per heavy atom. The Morgan fingerprint density at radius 2 is 2.05 bits per heavy atom. The van der Waals surface area contributed by atoms with Crippen LogP contribution in [0.1, 0.15) is 36.4 Å².